The largest absolute Gasteiger partial charge is 0.274 e. The zero-order valence-corrected chi connectivity index (χ0v) is 96.4. The third kappa shape index (κ3) is 20.5. The molecule has 16 aromatic rings. The molecule has 0 fully saturated rings. The van der Waals surface area contributed by atoms with E-state index in [9.17, 15) is 0 Å². The third-order valence-electron chi connectivity index (χ3n) is 30.3. The summed E-state index contributed by atoms with van der Waals surface area (Å²) in [5.74, 6) is 0.675. The first-order valence-corrected chi connectivity index (χ1v) is 64.3. The summed E-state index contributed by atoms with van der Waals surface area (Å²) in [5, 5.41) is 9.05. The van der Waals surface area contributed by atoms with E-state index in [2.05, 4.69) is 248 Å². The van der Waals surface area contributed by atoms with Gasteiger partial charge < -0.3 is 0 Å². The molecular formula is C119H136Br2N2O4S12. The molecular weight excluding hydrogens is 2070 g/mol. The van der Waals surface area contributed by atoms with Gasteiger partial charge in [-0.1, -0.05) is 317 Å². The van der Waals surface area contributed by atoms with E-state index in [-0.39, 0.29) is 29.0 Å². The Morgan fingerprint density at radius 2 is 0.683 bits per heavy atom. The number of carbonyl (C=O) groups is 4. The van der Waals surface area contributed by atoms with Crippen molar-refractivity contribution in [3.63, 3.8) is 0 Å². The van der Waals surface area contributed by atoms with Crippen LogP contribution in [-0.4, -0.2) is 57.2 Å². The Labute approximate surface area is 890 Å². The molecule has 18 rings (SSSR count). The minimum absolute atomic E-state index is 0.140. The Balaban J connectivity index is 0.875. The first kappa shape index (κ1) is 103. The molecule has 4 atom stereocenters. The van der Waals surface area contributed by atoms with Gasteiger partial charge in [-0.3, -0.25) is 29.0 Å². The Morgan fingerprint density at radius 3 is 1.12 bits per heavy atom. The van der Waals surface area contributed by atoms with Crippen molar-refractivity contribution in [2.24, 2.45) is 11.8 Å². The number of rotatable bonds is 52. The summed E-state index contributed by atoms with van der Waals surface area (Å²) in [4.78, 5) is 87.4. The van der Waals surface area contributed by atoms with Crippen LogP contribution in [0.15, 0.2) is 133 Å². The van der Waals surface area contributed by atoms with E-state index in [0.29, 0.717) is 45.8 Å². The van der Waals surface area contributed by atoms with Crippen molar-refractivity contribution in [3.8, 4) is 61.3 Å². The van der Waals surface area contributed by atoms with Gasteiger partial charge in [0.05, 0.1) is 30.3 Å². The molecule has 139 heavy (non-hydrogen) atoms. The van der Waals surface area contributed by atoms with E-state index in [1.54, 1.807) is 32.5 Å². The van der Waals surface area contributed by atoms with E-state index < -0.39 is 10.8 Å². The van der Waals surface area contributed by atoms with Gasteiger partial charge in [-0.25, -0.2) is 0 Å². The lowest BCUT2D eigenvalue weighted by Crippen LogP contribution is -2.31. The fourth-order valence-corrected chi connectivity index (χ4v) is 39.0. The number of halogens is 2. The predicted octanol–water partition coefficient (Wildman–Crippen LogP) is 41.5. The van der Waals surface area contributed by atoms with Gasteiger partial charge in [0.15, 0.2) is 0 Å². The number of carbonyl (C=O) groups excluding carboxylic acids is 4. The summed E-state index contributed by atoms with van der Waals surface area (Å²) in [6.45, 7) is 29.2. The zero-order valence-electron chi connectivity index (χ0n) is 83.4. The van der Waals surface area contributed by atoms with Crippen molar-refractivity contribution in [3.05, 3.63) is 204 Å². The molecule has 732 valence electrons. The van der Waals surface area contributed by atoms with Crippen molar-refractivity contribution in [2.45, 2.75) is 318 Å². The van der Waals surface area contributed by atoms with Crippen LogP contribution >= 0.6 is 168 Å². The van der Waals surface area contributed by atoms with Crippen LogP contribution in [0.5, 0.6) is 0 Å². The summed E-state index contributed by atoms with van der Waals surface area (Å²) in [6.07, 6.45) is 37.6. The predicted molar refractivity (Wildman–Crippen MR) is 627 cm³/mol. The molecule has 0 aliphatic carbocycles. The van der Waals surface area contributed by atoms with E-state index in [1.165, 1.54) is 229 Å². The Hall–Kier alpha value is -5.92. The first-order valence-electron chi connectivity index (χ1n) is 52.3. The molecule has 12 aromatic heterocycles. The van der Waals surface area contributed by atoms with Gasteiger partial charge in [-0.05, 0) is 173 Å². The SMILES string of the molecule is CCCCCCCCN1C(=O)c2sc3c(-c4cc5c(-c6ccc(CC(CC)CCCC)s6)c6sc(C(C)(CC)c7ccccc7)cc6c(-c6ccc(CC(CC)CCCC)s6)c5s4)sc(C(C)(C)c4cc5c(-c6ccc(CCCCCCBr)s6)c6sc(-c7sc(C(C)(CCC)c8ccccc8)c8c9c(sc78)C(=O)N(CCCCCCC)C9=O)cc6c(-c6ccc(CCCCCCBr)s6)c5s4)c3c2C1=O. The average Bonchev–Trinajstić information content (AvgIpc) is 1.53. The van der Waals surface area contributed by atoms with Crippen LogP contribution in [0.2, 0.25) is 0 Å². The summed E-state index contributed by atoms with van der Waals surface area (Å²) < 4.78 is 7.24. The van der Waals surface area contributed by atoms with Gasteiger partial charge in [0, 0.05) is 182 Å². The van der Waals surface area contributed by atoms with Crippen molar-refractivity contribution >= 4 is 252 Å². The summed E-state index contributed by atoms with van der Waals surface area (Å²) >= 11 is 30.1. The van der Waals surface area contributed by atoms with Crippen molar-refractivity contribution < 1.29 is 19.2 Å². The third-order valence-corrected chi connectivity index (χ3v) is 47.2. The highest BCUT2D eigenvalue weighted by molar-refractivity contribution is 9.09. The topological polar surface area (TPSA) is 74.8 Å². The lowest BCUT2D eigenvalue weighted by atomic mass is 9.76. The number of amides is 4. The van der Waals surface area contributed by atoms with Gasteiger partial charge >= 0.3 is 0 Å². The first-order chi connectivity index (χ1) is 67.7. The number of fused-ring (bicyclic) bond motifs is 10. The molecule has 2 aliphatic rings. The number of imide groups is 2. The maximum Gasteiger partial charge on any atom is 0.271 e. The quantitative estimate of drug-likeness (QED) is 0.0216. The fourth-order valence-electron chi connectivity index (χ4n) is 21.8. The van der Waals surface area contributed by atoms with E-state index in [1.807, 2.05) is 113 Å². The number of thiophene rings is 12. The van der Waals surface area contributed by atoms with Crippen LogP contribution in [0.4, 0.5) is 0 Å². The van der Waals surface area contributed by atoms with Crippen molar-refractivity contribution in [2.75, 3.05) is 23.7 Å². The van der Waals surface area contributed by atoms with Crippen LogP contribution in [0.25, 0.3) is 122 Å². The number of hydrogen-bond donors (Lipinski definition) is 0. The van der Waals surface area contributed by atoms with Gasteiger partial charge in [0.1, 0.15) is 9.75 Å². The lowest BCUT2D eigenvalue weighted by molar-refractivity contribution is 0.0637. The molecule has 0 saturated heterocycles. The Morgan fingerprint density at radius 1 is 0.309 bits per heavy atom. The van der Waals surface area contributed by atoms with Crippen LogP contribution < -0.4 is 0 Å². The molecule has 0 bridgehead atoms. The molecule has 0 N–H and O–H groups in total. The van der Waals surface area contributed by atoms with E-state index >= 15 is 19.2 Å². The Kier molecular flexibility index (Phi) is 34.1. The van der Waals surface area contributed by atoms with Crippen LogP contribution in [-0.2, 0) is 41.9 Å². The standard InChI is InChI=1S/C119H136Br2N2O4S12/c1-13-21-25-27-33-45-66-122-113(124)99-97-107(136-109(99)115(122)126)105(89-69-82-94(87-60-56-79(130-87)67-73(18-6)46-23-15-3)104-84(72-92(135-104)118(11,20-8)75-48-36-34-37-49-75)96(102(82)132-89)88-61-57-80(131-88)68-74(19-7)47-24-16-4)138-111(97)117(9,10)91-71-83-95(86-59-55-78(129-86)53-41-29-31-43-64-121)101-81(93(103(83)134-91)85-58-54-77(128-85)52-40-28-30-42-63-120)70-90(133-101)106-108-98(112(139-106)119(12,62-17-5)76-50-38-35-39-51-76)100-110(137-108)116(127)123(114(100)125)65-44-32-26-22-14-2/h34-39,48-51,54-61,69-74H,13-33,40-47,52-53,62-68H2,1-12H3. The molecule has 0 saturated carbocycles. The highest BCUT2D eigenvalue weighted by atomic mass is 79.9. The van der Waals surface area contributed by atoms with Crippen LogP contribution in [0.1, 0.15) is 366 Å². The van der Waals surface area contributed by atoms with E-state index in [4.69, 9.17) is 0 Å². The zero-order chi connectivity index (χ0) is 97.0. The second kappa shape index (κ2) is 46.0. The minimum Gasteiger partial charge on any atom is -0.274 e. The number of nitrogens with zero attached hydrogens (tertiary/aromatic N) is 2. The van der Waals surface area contributed by atoms with Crippen molar-refractivity contribution in [1.82, 2.24) is 9.80 Å². The van der Waals surface area contributed by atoms with Gasteiger partial charge in [0.2, 0.25) is 0 Å². The molecule has 0 radical (unpaired) electrons. The molecule has 4 amide bonds. The normalized spacial score (nSPS) is 14.6. The monoisotopic (exact) mass is 2200 g/mol. The molecule has 4 unspecified atom stereocenters. The van der Waals surface area contributed by atoms with Gasteiger partial charge in [0.25, 0.3) is 23.6 Å². The molecule has 2 aliphatic heterocycles. The second-order valence-corrected chi connectivity index (χ2v) is 54.8. The molecule has 4 aromatic carbocycles. The van der Waals surface area contributed by atoms with Gasteiger partial charge in [-0.2, -0.15) is 0 Å². The number of alkyl halides is 2. The molecule has 14 heterocycles. The average molecular weight is 2200 g/mol. The fraction of sp³-hybridized carbons (Fsp3) is 0.462. The summed E-state index contributed by atoms with van der Waals surface area (Å²) in [5.41, 5.74) is 7.52. The number of hydrogen-bond acceptors (Lipinski definition) is 16. The lowest BCUT2D eigenvalue weighted by Gasteiger charge is -2.30. The highest BCUT2D eigenvalue weighted by Gasteiger charge is 2.47. The smallest absolute Gasteiger partial charge is 0.271 e. The second-order valence-electron chi connectivity index (χ2n) is 40.3. The summed E-state index contributed by atoms with van der Waals surface area (Å²) in [7, 11) is 0. The Bertz CT molecular complexity index is 6810. The molecule has 20 heteroatoms. The number of benzene rings is 4. The maximum atomic E-state index is 16.2. The number of unbranched alkanes of at least 4 members (excludes halogenated alkanes) is 17. The maximum absolute atomic E-state index is 16.2. The summed E-state index contributed by atoms with van der Waals surface area (Å²) in [6, 6.07) is 52.2. The van der Waals surface area contributed by atoms with Crippen molar-refractivity contribution in [1.29, 1.82) is 0 Å². The van der Waals surface area contributed by atoms with E-state index in [0.717, 1.165) is 172 Å². The molecule has 0 spiro atoms. The highest BCUT2D eigenvalue weighted by Crippen LogP contribution is 2.64. The molecule has 6 nitrogen and oxygen atoms in total. The number of aryl methyl sites for hydroxylation is 2. The van der Waals surface area contributed by atoms with Crippen LogP contribution in [0, 0.1) is 11.8 Å². The minimum atomic E-state index is -0.714. The van der Waals surface area contributed by atoms with Gasteiger partial charge in [-0.15, -0.1) is 136 Å². The van der Waals surface area contributed by atoms with Crippen LogP contribution in [0.3, 0.4) is 0 Å².